The number of alkyl halides is 3. The number of anilines is 1. The van der Waals surface area contributed by atoms with Gasteiger partial charge in [-0.15, -0.1) is 0 Å². The van der Waals surface area contributed by atoms with E-state index in [1.54, 1.807) is 13.8 Å². The zero-order valence-electron chi connectivity index (χ0n) is 10.9. The fourth-order valence-corrected chi connectivity index (χ4v) is 1.42. The molecule has 0 saturated carbocycles. The highest BCUT2D eigenvalue weighted by molar-refractivity contribution is 5.82. The summed E-state index contributed by atoms with van der Waals surface area (Å²) in [6.07, 6.45) is -4.48. The van der Waals surface area contributed by atoms with Crippen molar-refractivity contribution in [2.75, 3.05) is 18.9 Å². The molecule has 0 aliphatic rings. The van der Waals surface area contributed by atoms with Gasteiger partial charge in [-0.3, -0.25) is 4.79 Å². The Labute approximate surface area is 109 Å². The number of carbonyl (C=O) groups excluding carboxylic acids is 1. The van der Waals surface area contributed by atoms with Gasteiger partial charge in [-0.05, 0) is 26.0 Å². The minimum atomic E-state index is -4.48. The maximum atomic E-state index is 12.5. The number of pyridine rings is 1. The van der Waals surface area contributed by atoms with Crippen LogP contribution in [0, 0.1) is 5.41 Å². The first-order valence-electron chi connectivity index (χ1n) is 5.67. The molecule has 0 spiro atoms. The van der Waals surface area contributed by atoms with Crippen LogP contribution in [-0.4, -0.2) is 24.5 Å². The van der Waals surface area contributed by atoms with E-state index < -0.39 is 17.3 Å². The SMILES string of the molecule is CNC(=O)C(C)(C)CNc1cccc(C(F)(F)F)n1. The van der Waals surface area contributed by atoms with Crippen LogP contribution in [0.15, 0.2) is 18.2 Å². The van der Waals surface area contributed by atoms with Gasteiger partial charge in [-0.25, -0.2) is 4.98 Å². The van der Waals surface area contributed by atoms with Crippen molar-refractivity contribution in [2.45, 2.75) is 20.0 Å². The third kappa shape index (κ3) is 4.11. The molecule has 0 fully saturated rings. The zero-order valence-corrected chi connectivity index (χ0v) is 10.9. The van der Waals surface area contributed by atoms with E-state index in [-0.39, 0.29) is 18.3 Å². The Bertz CT molecular complexity index is 458. The maximum Gasteiger partial charge on any atom is 0.433 e. The Hall–Kier alpha value is -1.79. The van der Waals surface area contributed by atoms with Gasteiger partial charge in [-0.2, -0.15) is 13.2 Å². The summed E-state index contributed by atoms with van der Waals surface area (Å²) in [6, 6.07) is 3.59. The molecule has 106 valence electrons. The topological polar surface area (TPSA) is 54.0 Å². The lowest BCUT2D eigenvalue weighted by atomic mass is 9.92. The third-order valence-electron chi connectivity index (χ3n) is 2.59. The maximum absolute atomic E-state index is 12.5. The lowest BCUT2D eigenvalue weighted by Gasteiger charge is -2.23. The molecule has 0 atom stereocenters. The molecule has 1 heterocycles. The molecule has 4 nitrogen and oxygen atoms in total. The van der Waals surface area contributed by atoms with E-state index >= 15 is 0 Å². The second-order valence-electron chi connectivity index (χ2n) is 4.72. The predicted molar refractivity (Wildman–Crippen MR) is 65.6 cm³/mol. The molecule has 1 aromatic rings. The third-order valence-corrected chi connectivity index (χ3v) is 2.59. The summed E-state index contributed by atoms with van der Waals surface area (Å²) in [4.78, 5) is 15.0. The lowest BCUT2D eigenvalue weighted by Crippen LogP contribution is -2.39. The van der Waals surface area contributed by atoms with Crippen molar-refractivity contribution >= 4 is 11.7 Å². The van der Waals surface area contributed by atoms with E-state index in [1.807, 2.05) is 0 Å². The van der Waals surface area contributed by atoms with Gasteiger partial charge in [0.15, 0.2) is 0 Å². The van der Waals surface area contributed by atoms with Crippen LogP contribution in [0.3, 0.4) is 0 Å². The molecule has 0 aliphatic carbocycles. The lowest BCUT2D eigenvalue weighted by molar-refractivity contribution is -0.141. The molecule has 0 radical (unpaired) electrons. The highest BCUT2D eigenvalue weighted by atomic mass is 19.4. The van der Waals surface area contributed by atoms with E-state index in [0.717, 1.165) is 6.07 Å². The van der Waals surface area contributed by atoms with Crippen LogP contribution in [0.4, 0.5) is 19.0 Å². The van der Waals surface area contributed by atoms with Crippen molar-refractivity contribution in [3.63, 3.8) is 0 Å². The number of hydrogen-bond acceptors (Lipinski definition) is 3. The highest BCUT2D eigenvalue weighted by Gasteiger charge is 2.32. The van der Waals surface area contributed by atoms with Crippen LogP contribution in [0.25, 0.3) is 0 Å². The van der Waals surface area contributed by atoms with E-state index in [1.165, 1.54) is 19.2 Å². The monoisotopic (exact) mass is 275 g/mol. The molecule has 1 aromatic heterocycles. The molecule has 0 unspecified atom stereocenters. The van der Waals surface area contributed by atoms with Gasteiger partial charge in [0, 0.05) is 13.6 Å². The van der Waals surface area contributed by atoms with E-state index in [4.69, 9.17) is 0 Å². The Kier molecular flexibility index (Phi) is 4.39. The van der Waals surface area contributed by atoms with Crippen LogP contribution in [0.1, 0.15) is 19.5 Å². The van der Waals surface area contributed by atoms with Crippen LogP contribution >= 0.6 is 0 Å². The summed E-state index contributed by atoms with van der Waals surface area (Å²) < 4.78 is 37.4. The van der Waals surface area contributed by atoms with E-state index in [9.17, 15) is 18.0 Å². The molecule has 0 bridgehead atoms. The average Bonchev–Trinajstić information content (AvgIpc) is 2.35. The Morgan fingerprint density at radius 3 is 2.47 bits per heavy atom. The fourth-order valence-electron chi connectivity index (χ4n) is 1.42. The summed E-state index contributed by atoms with van der Waals surface area (Å²) in [5, 5.41) is 5.24. The highest BCUT2D eigenvalue weighted by Crippen LogP contribution is 2.28. The smallest absolute Gasteiger partial charge is 0.369 e. The van der Waals surface area contributed by atoms with Gasteiger partial charge >= 0.3 is 6.18 Å². The minimum Gasteiger partial charge on any atom is -0.369 e. The second-order valence-corrected chi connectivity index (χ2v) is 4.72. The standard InChI is InChI=1S/C12H16F3N3O/c1-11(2,10(19)16-3)7-17-9-6-4-5-8(18-9)12(13,14)15/h4-6H,7H2,1-3H3,(H,16,19)(H,17,18). The van der Waals surface area contributed by atoms with Crippen LogP contribution in [0.5, 0.6) is 0 Å². The number of nitrogens with one attached hydrogen (secondary N) is 2. The molecule has 1 rings (SSSR count). The fraction of sp³-hybridized carbons (Fsp3) is 0.500. The van der Waals surface area contributed by atoms with E-state index in [2.05, 4.69) is 15.6 Å². The molecule has 19 heavy (non-hydrogen) atoms. The average molecular weight is 275 g/mol. The normalized spacial score (nSPS) is 12.1. The Morgan fingerprint density at radius 2 is 1.95 bits per heavy atom. The van der Waals surface area contributed by atoms with Crippen molar-refractivity contribution in [1.29, 1.82) is 0 Å². The molecule has 0 aliphatic heterocycles. The number of hydrogen-bond donors (Lipinski definition) is 2. The van der Waals surface area contributed by atoms with Crippen LogP contribution < -0.4 is 10.6 Å². The van der Waals surface area contributed by atoms with E-state index in [0.29, 0.717) is 0 Å². The largest absolute Gasteiger partial charge is 0.433 e. The molecule has 7 heteroatoms. The number of rotatable bonds is 4. The van der Waals surface area contributed by atoms with Crippen molar-refractivity contribution in [3.05, 3.63) is 23.9 Å². The molecule has 2 N–H and O–H groups in total. The number of amides is 1. The Morgan fingerprint density at radius 1 is 1.32 bits per heavy atom. The first kappa shape index (κ1) is 15.3. The predicted octanol–water partition coefficient (Wildman–Crippen LogP) is 2.28. The van der Waals surface area contributed by atoms with Crippen molar-refractivity contribution < 1.29 is 18.0 Å². The van der Waals surface area contributed by atoms with Crippen molar-refractivity contribution in [3.8, 4) is 0 Å². The van der Waals surface area contributed by atoms with Gasteiger partial charge in [0.2, 0.25) is 5.91 Å². The minimum absolute atomic E-state index is 0.0896. The molecule has 1 amide bonds. The van der Waals surface area contributed by atoms with Gasteiger partial charge in [-0.1, -0.05) is 6.07 Å². The quantitative estimate of drug-likeness (QED) is 0.886. The first-order chi connectivity index (χ1) is 8.66. The van der Waals surface area contributed by atoms with Gasteiger partial charge < -0.3 is 10.6 Å². The molecular weight excluding hydrogens is 259 g/mol. The zero-order chi connectivity index (χ0) is 14.7. The van der Waals surface area contributed by atoms with Crippen molar-refractivity contribution in [1.82, 2.24) is 10.3 Å². The number of halogens is 3. The molecular formula is C12H16F3N3O. The Balaban J connectivity index is 2.77. The first-order valence-corrected chi connectivity index (χ1v) is 5.67. The summed E-state index contributed by atoms with van der Waals surface area (Å²) in [7, 11) is 1.51. The second kappa shape index (κ2) is 5.46. The summed E-state index contributed by atoms with van der Waals surface area (Å²) in [5.41, 5.74) is -1.71. The van der Waals surface area contributed by atoms with Crippen LogP contribution in [-0.2, 0) is 11.0 Å². The van der Waals surface area contributed by atoms with Gasteiger partial charge in [0.25, 0.3) is 0 Å². The summed E-state index contributed by atoms with van der Waals surface area (Å²) >= 11 is 0. The molecule has 0 saturated heterocycles. The number of aromatic nitrogens is 1. The van der Waals surface area contributed by atoms with Crippen molar-refractivity contribution in [2.24, 2.45) is 5.41 Å². The van der Waals surface area contributed by atoms with Gasteiger partial charge in [0.1, 0.15) is 11.5 Å². The number of nitrogens with zero attached hydrogens (tertiary/aromatic N) is 1. The van der Waals surface area contributed by atoms with Gasteiger partial charge in [0.05, 0.1) is 5.41 Å². The summed E-state index contributed by atoms with van der Waals surface area (Å²) in [5.74, 6) is -0.112. The van der Waals surface area contributed by atoms with Crippen LogP contribution in [0.2, 0.25) is 0 Å². The number of carbonyl (C=O) groups is 1. The summed E-state index contributed by atoms with van der Waals surface area (Å²) in [6.45, 7) is 3.56. The molecule has 0 aromatic carbocycles.